The largest absolute Gasteiger partial charge is 0.481 e. The summed E-state index contributed by atoms with van der Waals surface area (Å²) in [5.74, 6) is 5.22. The third-order valence-corrected chi connectivity index (χ3v) is 4.45. The lowest BCUT2D eigenvalue weighted by molar-refractivity contribution is -0.133. The number of aromatic nitrogens is 2. The Labute approximate surface area is 148 Å². The molecule has 2 N–H and O–H groups in total. The summed E-state index contributed by atoms with van der Waals surface area (Å²) in [4.78, 5) is 18.0. The zero-order chi connectivity index (χ0) is 17.1. The Balaban J connectivity index is 1.90. The molecule has 4 nitrogen and oxygen atoms in total. The Morgan fingerprint density at radius 3 is 2.75 bits per heavy atom. The second-order valence-corrected chi connectivity index (χ2v) is 6.56. The van der Waals surface area contributed by atoms with Gasteiger partial charge < -0.3 is 10.1 Å². The molecule has 0 saturated heterocycles. The van der Waals surface area contributed by atoms with Crippen LogP contribution in [0.3, 0.4) is 0 Å². The fourth-order valence-corrected chi connectivity index (χ4v) is 2.89. The molecule has 0 atom stereocenters. The number of benzene rings is 2. The van der Waals surface area contributed by atoms with Gasteiger partial charge in [-0.25, -0.2) is 4.98 Å². The maximum absolute atomic E-state index is 10.6. The maximum atomic E-state index is 10.6. The Morgan fingerprint density at radius 1 is 1.29 bits per heavy atom. The zero-order valence-corrected chi connectivity index (χ0v) is 14.3. The van der Waals surface area contributed by atoms with E-state index >= 15 is 0 Å². The van der Waals surface area contributed by atoms with E-state index in [0.29, 0.717) is 21.3 Å². The summed E-state index contributed by atoms with van der Waals surface area (Å²) >= 11 is 7.41. The molecule has 0 aliphatic rings. The summed E-state index contributed by atoms with van der Waals surface area (Å²) < 4.78 is 0. The first kappa shape index (κ1) is 16.4. The standard InChI is InChI=1S/C18H13ClN2O2S/c1-11-2-4-12(5-3-11)6-7-13-8-15-16(9-14(13)19)21-18(20-15)24-10-17(22)23/h2-5,8-9H,10H2,1H3,(H,20,21)(H,22,23). The topological polar surface area (TPSA) is 66.0 Å². The number of rotatable bonds is 3. The van der Waals surface area contributed by atoms with Gasteiger partial charge in [0.15, 0.2) is 5.16 Å². The second-order valence-electron chi connectivity index (χ2n) is 5.19. The smallest absolute Gasteiger partial charge is 0.313 e. The van der Waals surface area contributed by atoms with Gasteiger partial charge in [-0.3, -0.25) is 4.79 Å². The molecule has 0 aliphatic carbocycles. The molecule has 0 amide bonds. The Hall–Kier alpha value is -2.42. The van der Waals surface area contributed by atoms with Gasteiger partial charge in [0.1, 0.15) is 0 Å². The van der Waals surface area contributed by atoms with Crippen LogP contribution in [0.4, 0.5) is 0 Å². The minimum absolute atomic E-state index is 0.0480. The van der Waals surface area contributed by atoms with Crippen LogP contribution >= 0.6 is 23.4 Å². The fourth-order valence-electron chi connectivity index (χ4n) is 2.08. The zero-order valence-electron chi connectivity index (χ0n) is 12.8. The number of hydrogen-bond acceptors (Lipinski definition) is 3. The van der Waals surface area contributed by atoms with Crippen LogP contribution in [0.5, 0.6) is 0 Å². The first-order chi connectivity index (χ1) is 11.5. The van der Waals surface area contributed by atoms with Crippen molar-refractivity contribution in [2.45, 2.75) is 12.1 Å². The molecule has 1 aromatic heterocycles. The van der Waals surface area contributed by atoms with Crippen LogP contribution in [-0.4, -0.2) is 26.8 Å². The monoisotopic (exact) mass is 356 g/mol. The van der Waals surface area contributed by atoms with Crippen LogP contribution in [-0.2, 0) is 4.79 Å². The van der Waals surface area contributed by atoms with Crippen LogP contribution in [0.25, 0.3) is 11.0 Å². The number of carbonyl (C=O) groups is 1. The molecule has 2 aromatic carbocycles. The lowest BCUT2D eigenvalue weighted by atomic mass is 10.1. The summed E-state index contributed by atoms with van der Waals surface area (Å²) in [7, 11) is 0. The predicted octanol–water partition coefficient (Wildman–Crippen LogP) is 4.10. The summed E-state index contributed by atoms with van der Waals surface area (Å²) in [6, 6.07) is 11.5. The fraction of sp³-hybridized carbons (Fsp3) is 0.111. The normalized spacial score (nSPS) is 10.4. The number of nitrogens with zero attached hydrogens (tertiary/aromatic N) is 1. The van der Waals surface area contributed by atoms with Gasteiger partial charge in [0.05, 0.1) is 21.8 Å². The van der Waals surface area contributed by atoms with E-state index in [2.05, 4.69) is 21.8 Å². The van der Waals surface area contributed by atoms with E-state index in [0.717, 1.165) is 22.8 Å². The molecular formula is C18H13ClN2O2S. The highest BCUT2D eigenvalue weighted by molar-refractivity contribution is 7.99. The van der Waals surface area contributed by atoms with Crippen molar-refractivity contribution >= 4 is 40.4 Å². The molecule has 0 radical (unpaired) electrons. The van der Waals surface area contributed by atoms with E-state index in [1.807, 2.05) is 37.3 Å². The number of aliphatic carboxylic acids is 1. The van der Waals surface area contributed by atoms with Crippen molar-refractivity contribution < 1.29 is 9.90 Å². The number of nitrogens with one attached hydrogen (secondary N) is 1. The van der Waals surface area contributed by atoms with Crippen LogP contribution in [0.2, 0.25) is 5.02 Å². The minimum Gasteiger partial charge on any atom is -0.481 e. The van der Waals surface area contributed by atoms with E-state index in [-0.39, 0.29) is 5.75 Å². The molecular weight excluding hydrogens is 344 g/mol. The third kappa shape index (κ3) is 3.91. The molecule has 0 fully saturated rings. The number of hydrogen-bond donors (Lipinski definition) is 2. The van der Waals surface area contributed by atoms with E-state index in [1.54, 1.807) is 6.07 Å². The molecule has 120 valence electrons. The molecule has 0 spiro atoms. The van der Waals surface area contributed by atoms with Gasteiger partial charge in [0.25, 0.3) is 0 Å². The highest BCUT2D eigenvalue weighted by Crippen LogP contribution is 2.25. The summed E-state index contributed by atoms with van der Waals surface area (Å²) in [6.07, 6.45) is 0. The van der Waals surface area contributed by atoms with Crippen molar-refractivity contribution in [3.8, 4) is 11.8 Å². The third-order valence-electron chi connectivity index (χ3n) is 3.27. The first-order valence-electron chi connectivity index (χ1n) is 7.14. The highest BCUT2D eigenvalue weighted by Gasteiger charge is 2.08. The number of halogens is 1. The summed E-state index contributed by atoms with van der Waals surface area (Å²) in [5, 5.41) is 9.80. The van der Waals surface area contributed by atoms with Crippen LogP contribution in [0.1, 0.15) is 16.7 Å². The van der Waals surface area contributed by atoms with Gasteiger partial charge in [-0.15, -0.1) is 0 Å². The Bertz CT molecular complexity index is 968. The maximum Gasteiger partial charge on any atom is 0.313 e. The van der Waals surface area contributed by atoms with E-state index in [9.17, 15) is 4.79 Å². The van der Waals surface area contributed by atoms with Crippen molar-refractivity contribution in [3.05, 3.63) is 58.1 Å². The van der Waals surface area contributed by atoms with Crippen LogP contribution in [0.15, 0.2) is 41.6 Å². The van der Waals surface area contributed by atoms with Crippen LogP contribution in [0, 0.1) is 18.8 Å². The van der Waals surface area contributed by atoms with Crippen molar-refractivity contribution in [2.24, 2.45) is 0 Å². The molecule has 24 heavy (non-hydrogen) atoms. The molecule has 0 saturated carbocycles. The van der Waals surface area contributed by atoms with Gasteiger partial charge in [-0.1, -0.05) is 52.9 Å². The minimum atomic E-state index is -0.886. The quantitative estimate of drug-likeness (QED) is 0.547. The average Bonchev–Trinajstić information content (AvgIpc) is 2.94. The lowest BCUT2D eigenvalue weighted by Gasteiger charge is -1.96. The number of carboxylic acids is 1. The SMILES string of the molecule is Cc1ccc(C#Cc2cc3[nH]c(SCC(=O)O)nc3cc2Cl)cc1. The summed E-state index contributed by atoms with van der Waals surface area (Å²) in [6.45, 7) is 2.03. The molecule has 3 aromatic rings. The number of thioether (sulfide) groups is 1. The van der Waals surface area contributed by atoms with Crippen molar-refractivity contribution in [2.75, 3.05) is 5.75 Å². The lowest BCUT2D eigenvalue weighted by Crippen LogP contribution is -1.97. The molecule has 3 rings (SSSR count). The van der Waals surface area contributed by atoms with E-state index in [4.69, 9.17) is 16.7 Å². The molecule has 1 heterocycles. The van der Waals surface area contributed by atoms with Gasteiger partial charge in [0, 0.05) is 11.1 Å². The van der Waals surface area contributed by atoms with Gasteiger partial charge in [0.2, 0.25) is 0 Å². The van der Waals surface area contributed by atoms with E-state index in [1.165, 1.54) is 5.56 Å². The number of H-pyrrole nitrogens is 1. The Morgan fingerprint density at radius 2 is 2.04 bits per heavy atom. The van der Waals surface area contributed by atoms with Gasteiger partial charge in [-0.05, 0) is 31.2 Å². The van der Waals surface area contributed by atoms with Crippen molar-refractivity contribution in [3.63, 3.8) is 0 Å². The number of fused-ring (bicyclic) bond motifs is 1. The summed E-state index contributed by atoms with van der Waals surface area (Å²) in [5.41, 5.74) is 4.26. The van der Waals surface area contributed by atoms with Crippen LogP contribution < -0.4 is 0 Å². The van der Waals surface area contributed by atoms with Crippen molar-refractivity contribution in [1.82, 2.24) is 9.97 Å². The van der Waals surface area contributed by atoms with Gasteiger partial charge in [-0.2, -0.15) is 0 Å². The average molecular weight is 357 g/mol. The molecule has 0 aliphatic heterocycles. The number of carboxylic acid groups (broad SMARTS) is 1. The van der Waals surface area contributed by atoms with Gasteiger partial charge >= 0.3 is 5.97 Å². The highest BCUT2D eigenvalue weighted by atomic mass is 35.5. The Kier molecular flexibility index (Phi) is 4.79. The van der Waals surface area contributed by atoms with E-state index < -0.39 is 5.97 Å². The first-order valence-corrected chi connectivity index (χ1v) is 8.50. The number of aromatic amines is 1. The molecule has 0 bridgehead atoms. The number of imidazole rings is 1. The number of aryl methyl sites for hydroxylation is 1. The molecule has 0 unspecified atom stereocenters. The predicted molar refractivity (Wildman–Crippen MR) is 96.6 cm³/mol. The second kappa shape index (κ2) is 7.00. The molecule has 6 heteroatoms. The van der Waals surface area contributed by atoms with Crippen molar-refractivity contribution in [1.29, 1.82) is 0 Å².